The molecule has 2 aliphatic rings. The molecule has 1 saturated carbocycles. The van der Waals surface area contributed by atoms with Gasteiger partial charge in [0, 0.05) is 19.5 Å². The summed E-state index contributed by atoms with van der Waals surface area (Å²) in [5.41, 5.74) is 0.319. The fraction of sp³-hybridized carbons (Fsp3) is 0.588. The third kappa shape index (κ3) is 2.80. The summed E-state index contributed by atoms with van der Waals surface area (Å²) >= 11 is 0. The van der Waals surface area contributed by atoms with Crippen LogP contribution in [-0.2, 0) is 10.2 Å². The Morgan fingerprint density at radius 1 is 1.30 bits per heavy atom. The van der Waals surface area contributed by atoms with Gasteiger partial charge in [-0.2, -0.15) is 0 Å². The Labute approximate surface area is 134 Å². The molecule has 0 aromatic heterocycles. The summed E-state index contributed by atoms with van der Waals surface area (Å²) in [6, 6.07) is 7.35. The minimum atomic E-state index is -2.90. The second-order valence-electron chi connectivity index (χ2n) is 6.45. The van der Waals surface area contributed by atoms with Crippen LogP contribution in [0.3, 0.4) is 0 Å². The average molecular weight is 325 g/mol. The summed E-state index contributed by atoms with van der Waals surface area (Å²) in [5.74, 6) is -3.46. The van der Waals surface area contributed by atoms with Crippen LogP contribution in [0.2, 0.25) is 0 Å². The molecule has 0 bridgehead atoms. The van der Waals surface area contributed by atoms with Gasteiger partial charge in [-0.1, -0.05) is 12.1 Å². The molecule has 1 amide bonds. The zero-order chi connectivity index (χ0) is 16.7. The van der Waals surface area contributed by atoms with E-state index in [9.17, 15) is 18.7 Å². The number of nitrogens with zero attached hydrogens (tertiary/aromatic N) is 1. The summed E-state index contributed by atoms with van der Waals surface area (Å²) in [5, 5.41) is 9.19. The zero-order valence-corrected chi connectivity index (χ0v) is 13.1. The first kappa shape index (κ1) is 16.2. The Balaban J connectivity index is 1.77. The number of methoxy groups -OCH3 is 1. The Morgan fingerprint density at radius 2 is 1.96 bits per heavy atom. The first-order chi connectivity index (χ1) is 10.9. The number of aliphatic hydroxyl groups excluding tert-OH is 1. The van der Waals surface area contributed by atoms with Crippen LogP contribution in [0.25, 0.3) is 0 Å². The highest BCUT2D eigenvalue weighted by Crippen LogP contribution is 2.50. The number of hydrogen-bond donors (Lipinski definition) is 1. The van der Waals surface area contributed by atoms with E-state index in [4.69, 9.17) is 4.74 Å². The van der Waals surface area contributed by atoms with Crippen molar-refractivity contribution >= 4 is 5.91 Å². The van der Waals surface area contributed by atoms with Crippen molar-refractivity contribution in [2.24, 2.45) is 5.92 Å². The standard InChI is InChI=1S/C17H21F2NO3/c1-23-14-4-2-12(3-5-14)16(6-7-16)15(22)20-9-8-17(18,19)13(10-20)11-21/h2-5,13,21H,6-11H2,1H3. The number of halogens is 2. The van der Waals surface area contributed by atoms with E-state index in [-0.39, 0.29) is 25.4 Å². The number of carbonyl (C=O) groups is 1. The van der Waals surface area contributed by atoms with Crippen molar-refractivity contribution in [3.05, 3.63) is 29.8 Å². The molecule has 1 unspecified atom stereocenters. The lowest BCUT2D eigenvalue weighted by molar-refractivity contribution is -0.151. The molecule has 4 nitrogen and oxygen atoms in total. The second kappa shape index (κ2) is 5.74. The molecule has 1 aliphatic carbocycles. The summed E-state index contributed by atoms with van der Waals surface area (Å²) in [6.45, 7) is -0.646. The van der Waals surface area contributed by atoms with Crippen LogP contribution >= 0.6 is 0 Å². The van der Waals surface area contributed by atoms with Crippen molar-refractivity contribution in [3.63, 3.8) is 0 Å². The van der Waals surface area contributed by atoms with Crippen LogP contribution in [0.5, 0.6) is 5.75 Å². The quantitative estimate of drug-likeness (QED) is 0.923. The number of ether oxygens (including phenoxy) is 1. The SMILES string of the molecule is COc1ccc(C2(C(=O)N3CCC(F)(F)C(CO)C3)CC2)cc1. The van der Waals surface area contributed by atoms with E-state index in [0.717, 1.165) is 24.2 Å². The molecule has 1 aromatic carbocycles. The predicted molar refractivity (Wildman–Crippen MR) is 80.6 cm³/mol. The molecule has 1 N–H and O–H groups in total. The monoisotopic (exact) mass is 325 g/mol. The van der Waals surface area contributed by atoms with Gasteiger partial charge in [-0.25, -0.2) is 8.78 Å². The van der Waals surface area contributed by atoms with Gasteiger partial charge in [0.1, 0.15) is 5.75 Å². The highest BCUT2D eigenvalue weighted by Gasteiger charge is 2.55. The number of amides is 1. The number of carbonyl (C=O) groups excluding carboxylic acids is 1. The fourth-order valence-electron chi connectivity index (χ4n) is 3.32. The number of benzene rings is 1. The van der Waals surface area contributed by atoms with E-state index in [2.05, 4.69) is 0 Å². The highest BCUT2D eigenvalue weighted by atomic mass is 19.3. The number of aliphatic hydroxyl groups is 1. The van der Waals surface area contributed by atoms with Crippen molar-refractivity contribution < 1.29 is 23.4 Å². The zero-order valence-electron chi connectivity index (χ0n) is 13.1. The maximum Gasteiger partial charge on any atom is 0.256 e. The third-order valence-electron chi connectivity index (χ3n) is 5.06. The molecule has 3 rings (SSSR count). The van der Waals surface area contributed by atoms with Gasteiger partial charge in [0.05, 0.1) is 25.0 Å². The first-order valence-electron chi connectivity index (χ1n) is 7.85. The molecule has 6 heteroatoms. The maximum atomic E-state index is 13.7. The summed E-state index contributed by atoms with van der Waals surface area (Å²) < 4.78 is 32.5. The fourth-order valence-corrected chi connectivity index (χ4v) is 3.32. The molecule has 0 spiro atoms. The summed E-state index contributed by atoms with van der Waals surface area (Å²) in [4.78, 5) is 14.4. The summed E-state index contributed by atoms with van der Waals surface area (Å²) in [7, 11) is 1.58. The van der Waals surface area contributed by atoms with Crippen molar-refractivity contribution in [3.8, 4) is 5.75 Å². The lowest BCUT2D eigenvalue weighted by atomic mass is 9.90. The van der Waals surface area contributed by atoms with Crippen LogP contribution in [-0.4, -0.2) is 48.6 Å². The Morgan fingerprint density at radius 3 is 2.48 bits per heavy atom. The van der Waals surface area contributed by atoms with Crippen LogP contribution in [0.1, 0.15) is 24.8 Å². The van der Waals surface area contributed by atoms with Crippen LogP contribution in [0.4, 0.5) is 8.78 Å². The van der Waals surface area contributed by atoms with Crippen molar-refractivity contribution in [2.75, 3.05) is 26.8 Å². The van der Waals surface area contributed by atoms with Gasteiger partial charge in [0.15, 0.2) is 0 Å². The number of likely N-dealkylation sites (tertiary alicyclic amines) is 1. The Bertz CT molecular complexity index is 584. The molecule has 1 heterocycles. The number of alkyl halides is 2. The van der Waals surface area contributed by atoms with E-state index in [0.29, 0.717) is 0 Å². The first-order valence-corrected chi connectivity index (χ1v) is 7.85. The number of rotatable bonds is 4. The van der Waals surface area contributed by atoms with Gasteiger partial charge in [-0.05, 0) is 30.5 Å². The molecule has 1 saturated heterocycles. The number of hydrogen-bond acceptors (Lipinski definition) is 3. The lowest BCUT2D eigenvalue weighted by Crippen LogP contribution is -2.53. The molecule has 1 aliphatic heterocycles. The molecule has 0 radical (unpaired) electrons. The van der Waals surface area contributed by atoms with Gasteiger partial charge in [0.2, 0.25) is 5.91 Å². The lowest BCUT2D eigenvalue weighted by Gasteiger charge is -2.39. The van der Waals surface area contributed by atoms with Crippen LogP contribution < -0.4 is 4.74 Å². The Kier molecular flexibility index (Phi) is 4.04. The van der Waals surface area contributed by atoms with E-state index >= 15 is 0 Å². The third-order valence-corrected chi connectivity index (χ3v) is 5.06. The van der Waals surface area contributed by atoms with Crippen LogP contribution in [0.15, 0.2) is 24.3 Å². The van der Waals surface area contributed by atoms with Crippen LogP contribution in [0, 0.1) is 5.92 Å². The van der Waals surface area contributed by atoms with Crippen molar-refractivity contribution in [1.82, 2.24) is 4.90 Å². The smallest absolute Gasteiger partial charge is 0.256 e. The molecule has 1 atom stereocenters. The van der Waals surface area contributed by atoms with Crippen molar-refractivity contribution in [1.29, 1.82) is 0 Å². The molecule has 1 aromatic rings. The summed E-state index contributed by atoms with van der Waals surface area (Å²) in [6.07, 6.45) is 1.08. The van der Waals surface area contributed by atoms with E-state index in [1.165, 1.54) is 4.90 Å². The normalized spacial score (nSPS) is 25.0. The van der Waals surface area contributed by atoms with Gasteiger partial charge >= 0.3 is 0 Å². The molecule has 126 valence electrons. The minimum Gasteiger partial charge on any atom is -0.497 e. The minimum absolute atomic E-state index is 0.0419. The maximum absolute atomic E-state index is 13.7. The highest BCUT2D eigenvalue weighted by molar-refractivity contribution is 5.91. The molecule has 2 fully saturated rings. The van der Waals surface area contributed by atoms with Gasteiger partial charge < -0.3 is 14.7 Å². The Hall–Kier alpha value is -1.69. The molecular weight excluding hydrogens is 304 g/mol. The topological polar surface area (TPSA) is 49.8 Å². The van der Waals surface area contributed by atoms with E-state index in [1.54, 1.807) is 7.11 Å². The second-order valence-corrected chi connectivity index (χ2v) is 6.45. The van der Waals surface area contributed by atoms with Crippen molar-refractivity contribution in [2.45, 2.75) is 30.6 Å². The van der Waals surface area contributed by atoms with Gasteiger partial charge in [0.25, 0.3) is 5.92 Å². The van der Waals surface area contributed by atoms with E-state index in [1.807, 2.05) is 24.3 Å². The number of piperidine rings is 1. The van der Waals surface area contributed by atoms with E-state index < -0.39 is 23.9 Å². The largest absolute Gasteiger partial charge is 0.497 e. The average Bonchev–Trinajstić information content (AvgIpc) is 3.36. The predicted octanol–water partition coefficient (Wildman–Crippen LogP) is 2.20. The molecular formula is C17H21F2NO3. The molecule has 23 heavy (non-hydrogen) atoms. The van der Waals surface area contributed by atoms with Gasteiger partial charge in [-0.3, -0.25) is 4.79 Å². The van der Waals surface area contributed by atoms with Gasteiger partial charge in [-0.15, -0.1) is 0 Å².